The molecule has 2 aromatic rings. The summed E-state index contributed by atoms with van der Waals surface area (Å²) in [6.07, 6.45) is -0.828. The predicted octanol–water partition coefficient (Wildman–Crippen LogP) is 0.422. The lowest BCUT2D eigenvalue weighted by Gasteiger charge is -2.55. The van der Waals surface area contributed by atoms with Gasteiger partial charge in [-0.25, -0.2) is 4.98 Å². The van der Waals surface area contributed by atoms with Gasteiger partial charge in [0.25, 0.3) is 0 Å². The van der Waals surface area contributed by atoms with Gasteiger partial charge in [0, 0.05) is 21.8 Å². The first-order valence-corrected chi connectivity index (χ1v) is 15.0. The Morgan fingerprint density at radius 3 is 2.56 bits per heavy atom. The Morgan fingerprint density at radius 2 is 1.94 bits per heavy atom. The fourth-order valence-corrected chi connectivity index (χ4v) is 10.4. The molecule has 5 aliphatic rings. The number of thiazole rings is 1. The second-order valence-corrected chi connectivity index (χ2v) is 14.3. The van der Waals surface area contributed by atoms with E-state index in [9.17, 15) is 24.9 Å². The highest BCUT2D eigenvalue weighted by Crippen LogP contribution is 2.52. The van der Waals surface area contributed by atoms with Crippen molar-refractivity contribution >= 4 is 55.8 Å². The highest BCUT2D eigenvalue weighted by atomic mass is 32.2. The minimum atomic E-state index is -1.36. The minimum Gasteiger partial charge on any atom is -0.543 e. The number of nitrogens with zero attached hydrogens (tertiary/aromatic N) is 4. The van der Waals surface area contributed by atoms with Crippen LogP contribution < -0.4 is 5.11 Å². The quantitative estimate of drug-likeness (QED) is 0.361. The van der Waals surface area contributed by atoms with Gasteiger partial charge in [0.2, 0.25) is 5.91 Å². The number of aliphatic hydroxyl groups is 2. The zero-order chi connectivity index (χ0) is 25.4. The van der Waals surface area contributed by atoms with E-state index in [-0.39, 0.29) is 30.2 Å². The van der Waals surface area contributed by atoms with Gasteiger partial charge in [-0.15, -0.1) is 11.3 Å². The molecule has 194 valence electrons. The van der Waals surface area contributed by atoms with Crippen molar-refractivity contribution in [1.29, 1.82) is 0 Å². The molecule has 9 nitrogen and oxygen atoms in total. The van der Waals surface area contributed by atoms with E-state index in [0.717, 1.165) is 75.2 Å². The van der Waals surface area contributed by atoms with Crippen LogP contribution in [-0.4, -0.2) is 106 Å². The molecule has 2 bridgehead atoms. The van der Waals surface area contributed by atoms with Crippen molar-refractivity contribution in [2.45, 2.75) is 36.9 Å². The molecule has 36 heavy (non-hydrogen) atoms. The summed E-state index contributed by atoms with van der Waals surface area (Å²) in [5, 5.41) is 33.8. The first-order valence-electron chi connectivity index (χ1n) is 12.5. The number of aliphatic carboxylic acids is 1. The highest BCUT2D eigenvalue weighted by Gasteiger charge is 2.59. The Kier molecular flexibility index (Phi) is 6.03. The van der Waals surface area contributed by atoms with Crippen molar-refractivity contribution in [3.8, 4) is 0 Å². The van der Waals surface area contributed by atoms with E-state index in [2.05, 4.69) is 5.38 Å². The van der Waals surface area contributed by atoms with E-state index in [4.69, 9.17) is 4.98 Å². The number of carboxylic acids is 1. The van der Waals surface area contributed by atoms with Crippen LogP contribution in [0.25, 0.3) is 9.53 Å². The van der Waals surface area contributed by atoms with E-state index in [1.165, 1.54) is 22.2 Å². The van der Waals surface area contributed by atoms with Gasteiger partial charge < -0.3 is 34.0 Å². The molecule has 0 radical (unpaired) electrons. The molecule has 0 aromatic carbocycles. The molecule has 2 aromatic heterocycles. The van der Waals surface area contributed by atoms with Crippen molar-refractivity contribution in [1.82, 2.24) is 9.88 Å². The lowest BCUT2D eigenvalue weighted by Crippen LogP contribution is -2.74. The summed E-state index contributed by atoms with van der Waals surface area (Å²) in [5.74, 6) is -2.50. The number of thiophene rings is 1. The summed E-state index contributed by atoms with van der Waals surface area (Å²) in [6, 6.07) is -0.352. The zero-order valence-electron chi connectivity index (χ0n) is 20.4. The van der Waals surface area contributed by atoms with Gasteiger partial charge in [-0.1, -0.05) is 30.0 Å². The first kappa shape index (κ1) is 24.8. The highest BCUT2D eigenvalue weighted by molar-refractivity contribution is 8.04. The molecule has 7 heterocycles. The smallest absolute Gasteiger partial charge is 0.235 e. The summed E-state index contributed by atoms with van der Waals surface area (Å²) < 4.78 is 4.04. The number of amides is 1. The number of hydrogen-bond donors (Lipinski definition) is 2. The number of carbonyl (C=O) groups is 2. The Bertz CT molecular complexity index is 1250. The Labute approximate surface area is 221 Å². The normalized spacial score (nSPS) is 34.4. The fraction of sp³-hybridized carbons (Fsp3) is 0.625. The molecule has 12 heteroatoms. The summed E-state index contributed by atoms with van der Waals surface area (Å²) in [7, 11) is 0. The van der Waals surface area contributed by atoms with Crippen LogP contribution in [0, 0.1) is 11.8 Å². The SMILES string of the molecule is C[C@@H](O)[C@H]1C(=O)N2C(C(=O)[O-])=C(Sc3nc4c(C[N+]56CC[N+](CCO)(CC5)CC6)csc4s3)[C@H](C)[C@H]12. The van der Waals surface area contributed by atoms with Gasteiger partial charge in [0.15, 0.2) is 4.34 Å². The number of β-lactam (4-membered cyclic amide) rings is 1. The Balaban J connectivity index is 1.24. The number of piperazine rings is 3. The number of hydrogen-bond acceptors (Lipinski definition) is 9. The van der Waals surface area contributed by atoms with Gasteiger partial charge in [-0.3, -0.25) is 4.79 Å². The molecular weight excluding hydrogens is 520 g/mol. The molecule has 0 saturated carbocycles. The van der Waals surface area contributed by atoms with E-state index in [1.54, 1.807) is 29.6 Å². The number of aromatic nitrogens is 1. The van der Waals surface area contributed by atoms with Crippen LogP contribution in [0.15, 0.2) is 20.3 Å². The minimum absolute atomic E-state index is 0.0670. The third kappa shape index (κ3) is 3.68. The van der Waals surface area contributed by atoms with E-state index in [0.29, 0.717) is 4.91 Å². The number of carbonyl (C=O) groups excluding carboxylic acids is 2. The van der Waals surface area contributed by atoms with Crippen LogP contribution in [0.2, 0.25) is 0 Å². The van der Waals surface area contributed by atoms with Crippen molar-refractivity contribution < 1.29 is 33.9 Å². The zero-order valence-corrected chi connectivity index (χ0v) is 22.8. The maximum atomic E-state index is 12.6. The monoisotopic (exact) mass is 551 g/mol. The van der Waals surface area contributed by atoms with Crippen molar-refractivity contribution in [2.24, 2.45) is 11.8 Å². The first-order chi connectivity index (χ1) is 17.2. The van der Waals surface area contributed by atoms with Crippen LogP contribution in [0.4, 0.5) is 0 Å². The van der Waals surface area contributed by atoms with Crippen LogP contribution in [0.1, 0.15) is 19.4 Å². The van der Waals surface area contributed by atoms with Crippen molar-refractivity contribution in [3.63, 3.8) is 0 Å². The summed E-state index contributed by atoms with van der Waals surface area (Å²) in [4.78, 5) is 31.5. The molecule has 4 saturated heterocycles. The fourth-order valence-electron chi connectivity index (χ4n) is 6.74. The maximum Gasteiger partial charge on any atom is 0.235 e. The molecule has 2 N–H and O–H groups in total. The van der Waals surface area contributed by atoms with Crippen LogP contribution in [0.3, 0.4) is 0 Å². The molecule has 1 amide bonds. The maximum absolute atomic E-state index is 12.6. The van der Waals surface area contributed by atoms with E-state index < -0.39 is 18.0 Å². The third-order valence-electron chi connectivity index (χ3n) is 8.91. The standard InChI is InChI=1S/C24H31N4O5S3/c1-13-18-16(14(2)30)21(31)26(18)19(22(32)33)20(13)35-24-25-17-15(12-34-23(17)36-24)11-28-6-3-27(4-7-28,5-8-28)9-10-29/h12-14,16,18,29-30H,3-11H2,1-2H3/q+1/t13-,14-,16-,18-,27?,28?/m1/s1. The molecule has 7 rings (SSSR count). The van der Waals surface area contributed by atoms with Gasteiger partial charge >= 0.3 is 0 Å². The molecule has 0 aliphatic carbocycles. The van der Waals surface area contributed by atoms with Crippen LogP contribution >= 0.6 is 34.4 Å². The predicted molar refractivity (Wildman–Crippen MR) is 136 cm³/mol. The Hall–Kier alpha value is -1.54. The van der Waals surface area contributed by atoms with Crippen molar-refractivity contribution in [2.75, 3.05) is 52.4 Å². The second kappa shape index (κ2) is 8.75. The average Bonchev–Trinajstić information content (AvgIpc) is 3.47. The summed E-state index contributed by atoms with van der Waals surface area (Å²) >= 11 is 4.59. The Morgan fingerprint density at radius 1 is 1.28 bits per heavy atom. The van der Waals surface area contributed by atoms with Gasteiger partial charge in [-0.05, 0) is 6.92 Å². The molecule has 4 atom stereocenters. The van der Waals surface area contributed by atoms with Crippen LogP contribution in [-0.2, 0) is 16.1 Å². The largest absolute Gasteiger partial charge is 0.543 e. The second-order valence-electron chi connectivity index (χ2n) is 10.9. The van der Waals surface area contributed by atoms with Gasteiger partial charge in [0.1, 0.15) is 61.9 Å². The number of thioether (sulfide) groups is 1. The topological polar surface area (TPSA) is 114 Å². The van der Waals surface area contributed by atoms with Gasteiger partial charge in [-0.2, -0.15) is 0 Å². The molecular formula is C24H31N4O5S3+. The molecule has 5 aliphatic heterocycles. The van der Waals surface area contributed by atoms with Crippen LogP contribution in [0.5, 0.6) is 0 Å². The molecule has 0 unspecified atom stereocenters. The van der Waals surface area contributed by atoms with Gasteiger partial charge in [0.05, 0.1) is 36.3 Å². The number of quaternary nitrogens is 2. The van der Waals surface area contributed by atoms with E-state index in [1.807, 2.05) is 6.92 Å². The third-order valence-corrected chi connectivity index (χ3v) is 12.5. The van der Waals surface area contributed by atoms with Crippen molar-refractivity contribution in [3.05, 3.63) is 21.5 Å². The molecule has 4 fully saturated rings. The lowest BCUT2D eigenvalue weighted by atomic mass is 9.79. The summed E-state index contributed by atoms with van der Waals surface area (Å²) in [6.45, 7) is 12.3. The van der Waals surface area contributed by atoms with E-state index >= 15 is 0 Å². The average molecular weight is 552 g/mol. The lowest BCUT2D eigenvalue weighted by molar-refractivity contribution is -1.09. The number of carboxylic acid groups (broad SMARTS) is 1. The number of aliphatic hydroxyl groups excluding tert-OH is 2. The molecule has 0 spiro atoms. The summed E-state index contributed by atoms with van der Waals surface area (Å²) in [5.41, 5.74) is 2.20. The number of fused-ring (bicyclic) bond motifs is 5. The number of rotatable bonds is 8.